The summed E-state index contributed by atoms with van der Waals surface area (Å²) in [5, 5.41) is 6.10. The van der Waals surface area contributed by atoms with E-state index in [2.05, 4.69) is 31.0 Å². The maximum atomic E-state index is 5.90. The number of nitrogens with two attached hydrogens (primary N) is 1. The van der Waals surface area contributed by atoms with E-state index in [1.165, 1.54) is 0 Å². The molecule has 0 unspecified atom stereocenters. The molecule has 3 rings (SSSR count). The van der Waals surface area contributed by atoms with Crippen LogP contribution in [0, 0.1) is 0 Å². The fourth-order valence-electron chi connectivity index (χ4n) is 1.52. The number of nitrogens with zero attached hydrogens (tertiary/aromatic N) is 4. The Morgan fingerprint density at radius 1 is 1.28 bits per heavy atom. The molecule has 0 bridgehead atoms. The first-order valence-corrected chi connectivity index (χ1v) is 6.80. The molecule has 0 saturated carbocycles. The van der Waals surface area contributed by atoms with Crippen molar-refractivity contribution in [3.63, 3.8) is 0 Å². The van der Waals surface area contributed by atoms with Crippen LogP contribution < -0.4 is 5.73 Å². The van der Waals surface area contributed by atoms with Crippen molar-refractivity contribution < 1.29 is 0 Å². The van der Waals surface area contributed by atoms with Crippen molar-refractivity contribution in [2.45, 2.75) is 0 Å². The Labute approximate surface area is 115 Å². The fraction of sp³-hybridized carbons (Fsp3) is 0. The first kappa shape index (κ1) is 11.4. The van der Waals surface area contributed by atoms with Gasteiger partial charge in [0.15, 0.2) is 0 Å². The van der Waals surface area contributed by atoms with Crippen LogP contribution in [0.3, 0.4) is 0 Å². The normalized spacial score (nSPS) is 10.7. The Balaban J connectivity index is 2.20. The molecule has 3 aromatic rings. The Morgan fingerprint density at radius 3 is 2.83 bits per heavy atom. The second-order valence-electron chi connectivity index (χ2n) is 3.50. The number of hydrogen-bond acceptors (Lipinski definition) is 5. The van der Waals surface area contributed by atoms with Gasteiger partial charge in [0.05, 0.1) is 9.35 Å². The van der Waals surface area contributed by atoms with Gasteiger partial charge in [-0.15, -0.1) is 11.3 Å². The molecular weight excluding hydrogens is 314 g/mol. The molecule has 0 aromatic carbocycles. The second kappa shape index (κ2) is 4.51. The molecule has 0 saturated heterocycles. The monoisotopic (exact) mass is 321 g/mol. The Kier molecular flexibility index (Phi) is 2.85. The molecule has 7 heteroatoms. The van der Waals surface area contributed by atoms with E-state index in [1.807, 2.05) is 23.6 Å². The average molecular weight is 322 g/mol. The maximum Gasteiger partial charge on any atom is 0.253 e. The predicted molar refractivity (Wildman–Crippen MR) is 74.6 cm³/mol. The molecule has 0 aliphatic carbocycles. The summed E-state index contributed by atoms with van der Waals surface area (Å²) in [5.74, 6) is 0.864. The lowest BCUT2D eigenvalue weighted by Crippen LogP contribution is -2.06. The van der Waals surface area contributed by atoms with E-state index in [4.69, 9.17) is 5.73 Å². The van der Waals surface area contributed by atoms with Crippen molar-refractivity contribution in [2.24, 2.45) is 0 Å². The smallest absolute Gasteiger partial charge is 0.253 e. The summed E-state index contributed by atoms with van der Waals surface area (Å²) >= 11 is 5.03. The molecule has 3 heterocycles. The zero-order chi connectivity index (χ0) is 12.5. The molecule has 0 aliphatic rings. The topological polar surface area (TPSA) is 69.6 Å². The highest BCUT2D eigenvalue weighted by atomic mass is 79.9. The molecular formula is C11H8BrN5S. The zero-order valence-electron chi connectivity index (χ0n) is 9.12. The van der Waals surface area contributed by atoms with E-state index in [1.54, 1.807) is 28.4 Å². The van der Waals surface area contributed by atoms with Gasteiger partial charge in [-0.25, -0.2) is 9.67 Å². The molecule has 0 radical (unpaired) electrons. The van der Waals surface area contributed by atoms with Crippen molar-refractivity contribution in [1.29, 1.82) is 0 Å². The lowest BCUT2D eigenvalue weighted by atomic mass is 10.3. The SMILES string of the molecule is Nc1nc(-n2cccn2)nc(-c2cccs2)c1Br. The minimum atomic E-state index is 0.402. The number of nitrogen functional groups attached to an aromatic ring is 1. The Hall–Kier alpha value is -1.73. The first-order valence-electron chi connectivity index (χ1n) is 5.12. The van der Waals surface area contributed by atoms with E-state index in [9.17, 15) is 0 Å². The highest BCUT2D eigenvalue weighted by molar-refractivity contribution is 9.10. The summed E-state index contributed by atoms with van der Waals surface area (Å²) in [4.78, 5) is 9.73. The van der Waals surface area contributed by atoms with Crippen LogP contribution in [-0.2, 0) is 0 Å². The molecule has 5 nitrogen and oxygen atoms in total. The van der Waals surface area contributed by atoms with Crippen molar-refractivity contribution in [2.75, 3.05) is 5.73 Å². The van der Waals surface area contributed by atoms with E-state index in [0.717, 1.165) is 10.6 Å². The van der Waals surface area contributed by atoms with Gasteiger partial charge in [0.25, 0.3) is 5.95 Å². The van der Waals surface area contributed by atoms with E-state index in [-0.39, 0.29) is 0 Å². The molecule has 0 spiro atoms. The van der Waals surface area contributed by atoms with Crippen LogP contribution in [0.1, 0.15) is 0 Å². The van der Waals surface area contributed by atoms with Gasteiger partial charge < -0.3 is 5.73 Å². The van der Waals surface area contributed by atoms with Gasteiger partial charge in [-0.2, -0.15) is 10.1 Å². The lowest BCUT2D eigenvalue weighted by Gasteiger charge is -2.07. The summed E-state index contributed by atoms with van der Waals surface area (Å²) in [5.41, 5.74) is 6.68. The molecule has 0 aliphatic heterocycles. The van der Waals surface area contributed by atoms with E-state index >= 15 is 0 Å². The Bertz CT molecular complexity index is 663. The summed E-state index contributed by atoms with van der Waals surface area (Å²) in [6, 6.07) is 5.77. The Morgan fingerprint density at radius 2 is 2.17 bits per heavy atom. The van der Waals surface area contributed by atoms with Gasteiger partial charge in [-0.05, 0) is 33.4 Å². The van der Waals surface area contributed by atoms with Gasteiger partial charge in [0.1, 0.15) is 11.5 Å². The molecule has 90 valence electrons. The van der Waals surface area contributed by atoms with Crippen LogP contribution in [0.15, 0.2) is 40.4 Å². The lowest BCUT2D eigenvalue weighted by molar-refractivity contribution is 0.811. The van der Waals surface area contributed by atoms with Crippen LogP contribution in [0.5, 0.6) is 0 Å². The zero-order valence-corrected chi connectivity index (χ0v) is 11.5. The van der Waals surface area contributed by atoms with Gasteiger partial charge in [-0.1, -0.05) is 6.07 Å². The number of rotatable bonds is 2. The predicted octanol–water partition coefficient (Wildman–Crippen LogP) is 2.74. The summed E-state index contributed by atoms with van der Waals surface area (Å²) in [7, 11) is 0. The van der Waals surface area contributed by atoms with Gasteiger partial charge in [0, 0.05) is 12.4 Å². The molecule has 0 fully saturated rings. The molecule has 3 aromatic heterocycles. The van der Waals surface area contributed by atoms with Crippen LogP contribution in [-0.4, -0.2) is 19.7 Å². The third-order valence-electron chi connectivity index (χ3n) is 2.33. The molecule has 0 atom stereocenters. The summed E-state index contributed by atoms with van der Waals surface area (Å²) in [6.45, 7) is 0. The quantitative estimate of drug-likeness (QED) is 0.787. The number of anilines is 1. The maximum absolute atomic E-state index is 5.90. The van der Waals surface area contributed by atoms with Crippen LogP contribution in [0.4, 0.5) is 5.82 Å². The van der Waals surface area contributed by atoms with Crippen molar-refractivity contribution in [1.82, 2.24) is 19.7 Å². The van der Waals surface area contributed by atoms with Crippen LogP contribution >= 0.6 is 27.3 Å². The highest BCUT2D eigenvalue weighted by Crippen LogP contribution is 2.33. The standard InChI is InChI=1S/C11H8BrN5S/c12-8-9(7-3-1-6-18-7)15-11(16-10(8)13)17-5-2-4-14-17/h1-6H,(H2,13,15,16). The van der Waals surface area contributed by atoms with E-state index < -0.39 is 0 Å². The third kappa shape index (κ3) is 1.91. The minimum Gasteiger partial charge on any atom is -0.383 e. The van der Waals surface area contributed by atoms with Gasteiger partial charge >= 0.3 is 0 Å². The number of aromatic nitrogens is 4. The van der Waals surface area contributed by atoms with Crippen molar-refractivity contribution >= 4 is 33.1 Å². The van der Waals surface area contributed by atoms with Crippen molar-refractivity contribution in [3.8, 4) is 16.5 Å². The highest BCUT2D eigenvalue weighted by Gasteiger charge is 2.13. The second-order valence-corrected chi connectivity index (χ2v) is 5.24. The summed E-state index contributed by atoms with van der Waals surface area (Å²) < 4.78 is 2.29. The number of halogens is 1. The first-order chi connectivity index (χ1) is 8.75. The van der Waals surface area contributed by atoms with Crippen LogP contribution in [0.2, 0.25) is 0 Å². The fourth-order valence-corrected chi connectivity index (χ4v) is 2.76. The largest absolute Gasteiger partial charge is 0.383 e. The third-order valence-corrected chi connectivity index (χ3v) is 3.99. The number of hydrogen-bond donors (Lipinski definition) is 1. The summed E-state index contributed by atoms with van der Waals surface area (Å²) in [6.07, 6.45) is 3.45. The van der Waals surface area contributed by atoms with Gasteiger partial charge in [0.2, 0.25) is 0 Å². The number of thiophene rings is 1. The van der Waals surface area contributed by atoms with Gasteiger partial charge in [-0.3, -0.25) is 0 Å². The van der Waals surface area contributed by atoms with Crippen molar-refractivity contribution in [3.05, 3.63) is 40.4 Å². The van der Waals surface area contributed by atoms with Crippen LogP contribution in [0.25, 0.3) is 16.5 Å². The molecule has 18 heavy (non-hydrogen) atoms. The van der Waals surface area contributed by atoms with E-state index in [0.29, 0.717) is 16.2 Å². The average Bonchev–Trinajstić information content (AvgIpc) is 3.03. The minimum absolute atomic E-state index is 0.402. The molecule has 0 amide bonds. The molecule has 2 N–H and O–H groups in total.